The van der Waals surface area contributed by atoms with Gasteiger partial charge < -0.3 is 0 Å². The third-order valence-corrected chi connectivity index (χ3v) is 2.48. The number of halogens is 1. The van der Waals surface area contributed by atoms with Gasteiger partial charge in [0.15, 0.2) is 0 Å². The van der Waals surface area contributed by atoms with E-state index in [0.29, 0.717) is 0 Å². The van der Waals surface area contributed by atoms with Crippen molar-refractivity contribution < 1.29 is 4.39 Å². The Kier molecular flexibility index (Phi) is 4.29. The number of rotatable bonds is 4. The predicted molar refractivity (Wildman–Crippen MR) is 64.2 cm³/mol. The van der Waals surface area contributed by atoms with Crippen LogP contribution in [0.5, 0.6) is 0 Å². The first-order chi connectivity index (χ1) is 7.15. The number of hydrogen-bond acceptors (Lipinski definition) is 0. The molecule has 0 spiro atoms. The molecular formula is C14H17F. The van der Waals surface area contributed by atoms with Crippen LogP contribution in [-0.2, 0) is 0 Å². The Morgan fingerprint density at radius 1 is 1.47 bits per heavy atom. The fraction of sp³-hybridized carbons (Fsp3) is 0.286. The highest BCUT2D eigenvalue weighted by Gasteiger charge is 2.09. The lowest BCUT2D eigenvalue weighted by atomic mass is 9.97. The smallest absolute Gasteiger partial charge is 0.126 e. The Labute approximate surface area is 91.2 Å². The molecule has 1 aliphatic rings. The zero-order chi connectivity index (χ0) is 11.3. The molecule has 1 rings (SSSR count). The van der Waals surface area contributed by atoms with Crippen LogP contribution in [0.15, 0.2) is 60.0 Å². The van der Waals surface area contributed by atoms with Crippen molar-refractivity contribution in [1.29, 1.82) is 0 Å². The van der Waals surface area contributed by atoms with E-state index in [1.54, 1.807) is 0 Å². The van der Waals surface area contributed by atoms with Gasteiger partial charge in [0.1, 0.15) is 5.83 Å². The minimum absolute atomic E-state index is 0.155. The van der Waals surface area contributed by atoms with Crippen LogP contribution in [0, 0.1) is 0 Å². The SMILES string of the molecule is C=C(C=CC(=C)C1=C(F)C=CCC1)CC. The summed E-state index contributed by atoms with van der Waals surface area (Å²) in [6.07, 6.45) is 9.66. The third-order valence-electron chi connectivity index (χ3n) is 2.48. The van der Waals surface area contributed by atoms with E-state index in [9.17, 15) is 4.39 Å². The molecule has 0 N–H and O–H groups in total. The first-order valence-electron chi connectivity index (χ1n) is 5.25. The van der Waals surface area contributed by atoms with Gasteiger partial charge in [-0.1, -0.05) is 43.9 Å². The van der Waals surface area contributed by atoms with Gasteiger partial charge in [-0.3, -0.25) is 0 Å². The zero-order valence-electron chi connectivity index (χ0n) is 9.22. The summed E-state index contributed by atoms with van der Waals surface area (Å²) in [6.45, 7) is 9.77. The van der Waals surface area contributed by atoms with Crippen molar-refractivity contribution in [3.05, 3.63) is 60.0 Å². The maximum absolute atomic E-state index is 13.4. The summed E-state index contributed by atoms with van der Waals surface area (Å²) in [5.74, 6) is -0.155. The second-order valence-corrected chi connectivity index (χ2v) is 3.64. The molecule has 0 radical (unpaired) electrons. The summed E-state index contributed by atoms with van der Waals surface area (Å²) in [5, 5.41) is 0. The quantitative estimate of drug-likeness (QED) is 0.585. The summed E-state index contributed by atoms with van der Waals surface area (Å²) in [7, 11) is 0. The highest BCUT2D eigenvalue weighted by atomic mass is 19.1. The van der Waals surface area contributed by atoms with Crippen LogP contribution in [0.4, 0.5) is 4.39 Å². The molecule has 0 amide bonds. The summed E-state index contributed by atoms with van der Waals surface area (Å²) in [6, 6.07) is 0. The van der Waals surface area contributed by atoms with Crippen molar-refractivity contribution in [1.82, 2.24) is 0 Å². The molecule has 0 bridgehead atoms. The van der Waals surface area contributed by atoms with Crippen LogP contribution in [0.3, 0.4) is 0 Å². The predicted octanol–water partition coefficient (Wildman–Crippen LogP) is 4.64. The Bertz CT molecular complexity index is 354. The van der Waals surface area contributed by atoms with Gasteiger partial charge in [-0.2, -0.15) is 0 Å². The van der Waals surface area contributed by atoms with Crippen molar-refractivity contribution in [2.45, 2.75) is 26.2 Å². The maximum atomic E-state index is 13.4. The molecule has 0 aromatic rings. The average molecular weight is 204 g/mol. The van der Waals surface area contributed by atoms with E-state index in [1.165, 1.54) is 6.08 Å². The number of hydrogen-bond donors (Lipinski definition) is 0. The highest BCUT2D eigenvalue weighted by Crippen LogP contribution is 2.26. The zero-order valence-corrected chi connectivity index (χ0v) is 9.22. The van der Waals surface area contributed by atoms with Crippen molar-refractivity contribution in [3.63, 3.8) is 0 Å². The van der Waals surface area contributed by atoms with Crippen LogP contribution >= 0.6 is 0 Å². The van der Waals surface area contributed by atoms with Crippen molar-refractivity contribution >= 4 is 0 Å². The molecule has 0 saturated heterocycles. The first-order valence-corrected chi connectivity index (χ1v) is 5.25. The van der Waals surface area contributed by atoms with Gasteiger partial charge in [-0.25, -0.2) is 4.39 Å². The fourth-order valence-electron chi connectivity index (χ4n) is 1.39. The van der Waals surface area contributed by atoms with Gasteiger partial charge >= 0.3 is 0 Å². The van der Waals surface area contributed by atoms with Gasteiger partial charge in [0.05, 0.1) is 0 Å². The minimum Gasteiger partial charge on any atom is -0.207 e. The summed E-state index contributed by atoms with van der Waals surface area (Å²) in [4.78, 5) is 0. The molecule has 15 heavy (non-hydrogen) atoms. The van der Waals surface area contributed by atoms with E-state index in [1.807, 2.05) is 25.2 Å². The lowest BCUT2D eigenvalue weighted by molar-refractivity contribution is 0.640. The van der Waals surface area contributed by atoms with Crippen molar-refractivity contribution in [2.75, 3.05) is 0 Å². The average Bonchev–Trinajstić information content (AvgIpc) is 2.26. The Morgan fingerprint density at radius 2 is 2.20 bits per heavy atom. The van der Waals surface area contributed by atoms with E-state index in [0.717, 1.165) is 36.0 Å². The molecule has 1 heteroatoms. The van der Waals surface area contributed by atoms with E-state index in [-0.39, 0.29) is 5.83 Å². The first kappa shape index (κ1) is 11.7. The van der Waals surface area contributed by atoms with Crippen LogP contribution < -0.4 is 0 Å². The van der Waals surface area contributed by atoms with Crippen LogP contribution in [-0.4, -0.2) is 0 Å². The minimum atomic E-state index is -0.155. The van der Waals surface area contributed by atoms with Crippen LogP contribution in [0.2, 0.25) is 0 Å². The summed E-state index contributed by atoms with van der Waals surface area (Å²) >= 11 is 0. The second-order valence-electron chi connectivity index (χ2n) is 3.64. The summed E-state index contributed by atoms with van der Waals surface area (Å²) in [5.41, 5.74) is 2.51. The van der Waals surface area contributed by atoms with E-state index in [2.05, 4.69) is 13.2 Å². The maximum Gasteiger partial charge on any atom is 0.126 e. The molecule has 1 aliphatic carbocycles. The van der Waals surface area contributed by atoms with Gasteiger partial charge in [0.2, 0.25) is 0 Å². The molecular weight excluding hydrogens is 187 g/mol. The van der Waals surface area contributed by atoms with Crippen molar-refractivity contribution in [3.8, 4) is 0 Å². The molecule has 0 nitrogen and oxygen atoms in total. The van der Waals surface area contributed by atoms with Crippen LogP contribution in [0.1, 0.15) is 26.2 Å². The molecule has 80 valence electrons. The lowest BCUT2D eigenvalue weighted by Crippen LogP contribution is -1.93. The molecule has 0 unspecified atom stereocenters. The van der Waals surface area contributed by atoms with Crippen molar-refractivity contribution in [2.24, 2.45) is 0 Å². The molecule has 0 aromatic carbocycles. The second kappa shape index (κ2) is 5.50. The molecule has 0 aromatic heterocycles. The standard InChI is InChI=1S/C14H17F/c1-4-11(2)9-10-12(3)13-7-5-6-8-14(13)15/h6,8-10H,2-5,7H2,1H3. The molecule has 0 atom stereocenters. The van der Waals surface area contributed by atoms with Gasteiger partial charge in [-0.15, -0.1) is 0 Å². The Morgan fingerprint density at radius 3 is 2.80 bits per heavy atom. The number of allylic oxidation sites excluding steroid dienone is 8. The van der Waals surface area contributed by atoms with Gasteiger partial charge in [0, 0.05) is 0 Å². The third kappa shape index (κ3) is 3.35. The molecule has 0 heterocycles. The van der Waals surface area contributed by atoms with E-state index in [4.69, 9.17) is 0 Å². The monoisotopic (exact) mass is 204 g/mol. The Hall–Kier alpha value is -1.37. The topological polar surface area (TPSA) is 0 Å². The molecule has 0 fully saturated rings. The van der Waals surface area contributed by atoms with Crippen LogP contribution in [0.25, 0.3) is 0 Å². The fourth-order valence-corrected chi connectivity index (χ4v) is 1.39. The Balaban J connectivity index is 2.73. The highest BCUT2D eigenvalue weighted by molar-refractivity contribution is 5.44. The largest absolute Gasteiger partial charge is 0.207 e. The van der Waals surface area contributed by atoms with Gasteiger partial charge in [-0.05, 0) is 36.5 Å². The normalized spacial score (nSPS) is 16.1. The van der Waals surface area contributed by atoms with Gasteiger partial charge in [0.25, 0.3) is 0 Å². The lowest BCUT2D eigenvalue weighted by Gasteiger charge is -2.10. The molecule has 0 saturated carbocycles. The molecule has 0 aliphatic heterocycles. The summed E-state index contributed by atoms with van der Waals surface area (Å²) < 4.78 is 13.4. The van der Waals surface area contributed by atoms with E-state index >= 15 is 0 Å². The van der Waals surface area contributed by atoms with E-state index < -0.39 is 0 Å².